The number of anilines is 1. The van der Waals surface area contributed by atoms with Crippen molar-refractivity contribution in [2.24, 2.45) is 0 Å². The second-order valence-electron chi connectivity index (χ2n) is 7.53. The quantitative estimate of drug-likeness (QED) is 0.224. The fraction of sp³-hybridized carbons (Fsp3) is 0.120. The van der Waals surface area contributed by atoms with Gasteiger partial charge in [-0.3, -0.25) is 14.5 Å². The maximum absolute atomic E-state index is 13.2. The van der Waals surface area contributed by atoms with E-state index in [1.807, 2.05) is 19.1 Å². The summed E-state index contributed by atoms with van der Waals surface area (Å²) in [6.45, 7) is 1.93. The van der Waals surface area contributed by atoms with Crippen molar-refractivity contribution in [3.8, 4) is 5.75 Å². The van der Waals surface area contributed by atoms with E-state index in [0.717, 1.165) is 5.56 Å². The molecule has 1 aliphatic heterocycles. The van der Waals surface area contributed by atoms with Crippen LogP contribution in [0.4, 0.5) is 5.69 Å². The lowest BCUT2D eigenvalue weighted by molar-refractivity contribution is -0.132. The number of benzene rings is 3. The van der Waals surface area contributed by atoms with Gasteiger partial charge in [-0.05, 0) is 70.9 Å². The van der Waals surface area contributed by atoms with Crippen LogP contribution in [0.2, 0.25) is 10.0 Å². The molecule has 33 heavy (non-hydrogen) atoms. The summed E-state index contributed by atoms with van der Waals surface area (Å²) in [5.41, 5.74) is 2.38. The van der Waals surface area contributed by atoms with Crippen LogP contribution in [-0.2, 0) is 9.59 Å². The monoisotopic (exact) mass is 545 g/mol. The standard InChI is InChI=1S/C25H18BrCl2NO4/c1-13-3-7-16(8-4-13)29-22(14-5-9-18(27)19(28)12-14)21(24(31)25(29)32)23(30)15-6-10-20(33-2)17(26)11-15/h3-12,22,30H,1-2H3/b23-21-. The first-order chi connectivity index (χ1) is 15.7. The summed E-state index contributed by atoms with van der Waals surface area (Å²) in [6, 6.07) is 16.1. The summed E-state index contributed by atoms with van der Waals surface area (Å²) in [4.78, 5) is 27.8. The van der Waals surface area contributed by atoms with Crippen LogP contribution in [0.15, 0.2) is 70.7 Å². The minimum absolute atomic E-state index is 0.0453. The van der Waals surface area contributed by atoms with Crippen molar-refractivity contribution in [2.45, 2.75) is 13.0 Å². The highest BCUT2D eigenvalue weighted by Crippen LogP contribution is 2.43. The highest BCUT2D eigenvalue weighted by atomic mass is 79.9. The van der Waals surface area contributed by atoms with Crippen molar-refractivity contribution >= 4 is 62.3 Å². The predicted molar refractivity (Wildman–Crippen MR) is 133 cm³/mol. The second-order valence-corrected chi connectivity index (χ2v) is 9.20. The molecule has 168 valence electrons. The van der Waals surface area contributed by atoms with Crippen molar-refractivity contribution in [3.63, 3.8) is 0 Å². The van der Waals surface area contributed by atoms with Gasteiger partial charge in [0.1, 0.15) is 11.5 Å². The van der Waals surface area contributed by atoms with E-state index in [-0.39, 0.29) is 16.4 Å². The van der Waals surface area contributed by atoms with Crippen LogP contribution < -0.4 is 9.64 Å². The molecule has 1 fully saturated rings. The number of carbonyl (C=O) groups excluding carboxylic acids is 2. The number of ketones is 1. The molecule has 3 aromatic rings. The molecular formula is C25H18BrCl2NO4. The van der Waals surface area contributed by atoms with Gasteiger partial charge in [0.05, 0.1) is 33.2 Å². The highest BCUT2D eigenvalue weighted by molar-refractivity contribution is 9.10. The largest absolute Gasteiger partial charge is 0.507 e. The number of rotatable bonds is 4. The number of aryl methyl sites for hydroxylation is 1. The Morgan fingerprint density at radius 2 is 1.70 bits per heavy atom. The molecule has 1 N–H and O–H groups in total. The lowest BCUT2D eigenvalue weighted by Crippen LogP contribution is -2.29. The second kappa shape index (κ2) is 9.21. The Kier molecular flexibility index (Phi) is 6.52. The number of hydrogen-bond acceptors (Lipinski definition) is 4. The summed E-state index contributed by atoms with van der Waals surface area (Å²) in [7, 11) is 1.52. The summed E-state index contributed by atoms with van der Waals surface area (Å²) in [5.74, 6) is -1.28. The Labute approximate surface area is 209 Å². The number of amides is 1. The fourth-order valence-corrected chi connectivity index (χ4v) is 4.62. The molecule has 0 spiro atoms. The molecule has 1 unspecified atom stereocenters. The first kappa shape index (κ1) is 23.4. The third-order valence-corrected chi connectivity index (χ3v) is 6.80. The topological polar surface area (TPSA) is 66.8 Å². The summed E-state index contributed by atoms with van der Waals surface area (Å²) in [5, 5.41) is 11.8. The SMILES string of the molecule is COc1ccc(/C(O)=C2/C(=O)C(=O)N(c3ccc(C)cc3)C2c2ccc(Cl)c(Cl)c2)cc1Br. The molecule has 1 heterocycles. The number of hydrogen-bond donors (Lipinski definition) is 1. The van der Waals surface area contributed by atoms with E-state index in [0.29, 0.717) is 32.1 Å². The highest BCUT2D eigenvalue weighted by Gasteiger charge is 2.47. The lowest BCUT2D eigenvalue weighted by atomic mass is 9.95. The van der Waals surface area contributed by atoms with Crippen LogP contribution in [0.5, 0.6) is 5.75 Å². The van der Waals surface area contributed by atoms with Gasteiger partial charge in [0.25, 0.3) is 11.7 Å². The average molecular weight is 547 g/mol. The Morgan fingerprint density at radius 1 is 1.00 bits per heavy atom. The molecule has 5 nitrogen and oxygen atoms in total. The van der Waals surface area contributed by atoms with Crippen molar-refractivity contribution < 1.29 is 19.4 Å². The van der Waals surface area contributed by atoms with Crippen molar-refractivity contribution in [1.82, 2.24) is 0 Å². The summed E-state index contributed by atoms with van der Waals surface area (Å²) < 4.78 is 5.83. The molecule has 0 radical (unpaired) electrons. The van der Waals surface area contributed by atoms with E-state index >= 15 is 0 Å². The normalized spacial score (nSPS) is 17.5. The smallest absolute Gasteiger partial charge is 0.300 e. The van der Waals surface area contributed by atoms with E-state index in [2.05, 4.69) is 15.9 Å². The zero-order valence-electron chi connectivity index (χ0n) is 17.6. The maximum atomic E-state index is 13.2. The zero-order chi connectivity index (χ0) is 23.9. The lowest BCUT2D eigenvalue weighted by Gasteiger charge is -2.26. The van der Waals surface area contributed by atoms with Crippen molar-refractivity contribution in [3.05, 3.63) is 97.4 Å². The van der Waals surface area contributed by atoms with Gasteiger partial charge in [-0.15, -0.1) is 0 Å². The van der Waals surface area contributed by atoms with E-state index in [4.69, 9.17) is 27.9 Å². The number of aliphatic hydroxyl groups excluding tert-OH is 1. The fourth-order valence-electron chi connectivity index (χ4n) is 3.77. The number of carbonyl (C=O) groups is 2. The van der Waals surface area contributed by atoms with E-state index in [1.54, 1.807) is 48.5 Å². The minimum atomic E-state index is -0.900. The van der Waals surface area contributed by atoms with Crippen LogP contribution in [0.1, 0.15) is 22.7 Å². The van der Waals surface area contributed by atoms with Crippen LogP contribution in [0, 0.1) is 6.92 Å². The van der Waals surface area contributed by atoms with Gasteiger partial charge < -0.3 is 9.84 Å². The number of nitrogens with zero attached hydrogens (tertiary/aromatic N) is 1. The predicted octanol–water partition coefficient (Wildman–Crippen LogP) is 6.70. The van der Waals surface area contributed by atoms with Gasteiger partial charge >= 0.3 is 0 Å². The van der Waals surface area contributed by atoms with E-state index in [1.165, 1.54) is 12.0 Å². The molecule has 1 atom stereocenters. The molecule has 0 saturated carbocycles. The van der Waals surface area contributed by atoms with Gasteiger partial charge in [0.15, 0.2) is 0 Å². The number of halogens is 3. The van der Waals surface area contributed by atoms with Crippen LogP contribution in [0.3, 0.4) is 0 Å². The number of methoxy groups -OCH3 is 1. The number of Topliss-reactive ketones (excluding diaryl/α,β-unsaturated/α-hetero) is 1. The van der Waals surface area contributed by atoms with Gasteiger partial charge in [-0.25, -0.2) is 0 Å². The number of aliphatic hydroxyl groups is 1. The third-order valence-electron chi connectivity index (χ3n) is 5.44. The summed E-state index contributed by atoms with van der Waals surface area (Å²) in [6.07, 6.45) is 0. The van der Waals surface area contributed by atoms with E-state index in [9.17, 15) is 14.7 Å². The molecule has 0 aliphatic carbocycles. The Balaban J connectivity index is 1.95. The molecule has 0 aromatic heterocycles. The average Bonchev–Trinajstić information content (AvgIpc) is 3.06. The Bertz CT molecular complexity index is 1300. The molecule has 1 aliphatic rings. The van der Waals surface area contributed by atoms with Crippen LogP contribution >= 0.6 is 39.1 Å². The first-order valence-corrected chi connectivity index (χ1v) is 11.4. The molecule has 4 rings (SSSR count). The Hall–Kier alpha value is -2.80. The first-order valence-electron chi connectivity index (χ1n) is 9.89. The number of ether oxygens (including phenoxy) is 1. The van der Waals surface area contributed by atoms with Gasteiger partial charge in [-0.1, -0.05) is 47.0 Å². The molecule has 3 aromatic carbocycles. The third kappa shape index (κ3) is 4.26. The van der Waals surface area contributed by atoms with E-state index < -0.39 is 17.7 Å². The van der Waals surface area contributed by atoms with Crippen molar-refractivity contribution in [2.75, 3.05) is 12.0 Å². The molecule has 8 heteroatoms. The molecule has 0 bridgehead atoms. The molecule has 1 saturated heterocycles. The van der Waals surface area contributed by atoms with Gasteiger partial charge in [0, 0.05) is 11.3 Å². The Morgan fingerprint density at radius 3 is 2.30 bits per heavy atom. The van der Waals surface area contributed by atoms with Gasteiger partial charge in [-0.2, -0.15) is 0 Å². The van der Waals surface area contributed by atoms with Crippen LogP contribution in [0.25, 0.3) is 5.76 Å². The maximum Gasteiger partial charge on any atom is 0.300 e. The zero-order valence-corrected chi connectivity index (χ0v) is 20.7. The summed E-state index contributed by atoms with van der Waals surface area (Å²) >= 11 is 15.7. The minimum Gasteiger partial charge on any atom is -0.507 e. The van der Waals surface area contributed by atoms with Crippen molar-refractivity contribution in [1.29, 1.82) is 0 Å². The van der Waals surface area contributed by atoms with Crippen LogP contribution in [-0.4, -0.2) is 23.9 Å². The molecular weight excluding hydrogens is 529 g/mol. The van der Waals surface area contributed by atoms with Gasteiger partial charge in [0.2, 0.25) is 0 Å². The molecule has 1 amide bonds.